The molecule has 0 saturated carbocycles. The van der Waals surface area contributed by atoms with E-state index < -0.39 is 5.92 Å². The Balaban J connectivity index is 2.24. The minimum absolute atomic E-state index is 0.0854. The molecular weight excluding hydrogens is 256 g/mol. The molecule has 106 valence electrons. The second-order valence-corrected chi connectivity index (χ2v) is 5.03. The number of amides is 2. The fourth-order valence-corrected chi connectivity index (χ4v) is 2.46. The Labute approximate surface area is 118 Å². The Morgan fingerprint density at radius 3 is 2.70 bits per heavy atom. The van der Waals surface area contributed by atoms with Crippen LogP contribution in [0.25, 0.3) is 0 Å². The normalized spacial score (nSPS) is 18.8. The molecule has 0 aliphatic carbocycles. The lowest BCUT2D eigenvalue weighted by atomic mass is 9.93. The highest BCUT2D eigenvalue weighted by atomic mass is 16.2. The zero-order chi connectivity index (χ0) is 14.7. The van der Waals surface area contributed by atoms with Crippen molar-refractivity contribution in [3.63, 3.8) is 0 Å². The minimum Gasteiger partial charge on any atom is -0.326 e. The number of rotatable bonds is 3. The third kappa shape index (κ3) is 3.04. The Bertz CT molecular complexity index is 554. The molecule has 5 heteroatoms. The molecule has 0 radical (unpaired) electrons. The molecule has 0 unspecified atom stereocenters. The summed E-state index contributed by atoms with van der Waals surface area (Å²) in [5, 5.41) is 2.69. The smallest absolute Gasteiger partial charge is 0.237 e. The van der Waals surface area contributed by atoms with Crippen molar-refractivity contribution in [1.29, 1.82) is 0 Å². The summed E-state index contributed by atoms with van der Waals surface area (Å²) in [7, 11) is 0. The van der Waals surface area contributed by atoms with Gasteiger partial charge in [-0.05, 0) is 38.0 Å². The topological polar surface area (TPSA) is 66.5 Å². The zero-order valence-electron chi connectivity index (χ0n) is 11.7. The molecule has 1 aromatic carbocycles. The summed E-state index contributed by atoms with van der Waals surface area (Å²) in [6, 6.07) is 7.11. The number of Topliss-reactive ketones (excluding diaryl/α,β-unsaturated/α-hetero) is 1. The molecule has 1 atom stereocenters. The molecule has 1 aliphatic rings. The number of anilines is 2. The van der Waals surface area contributed by atoms with Crippen LogP contribution in [0.5, 0.6) is 0 Å². The number of nitrogens with one attached hydrogen (secondary N) is 1. The predicted molar refractivity (Wildman–Crippen MR) is 76.5 cm³/mol. The van der Waals surface area contributed by atoms with E-state index >= 15 is 0 Å². The van der Waals surface area contributed by atoms with Crippen LogP contribution < -0.4 is 10.2 Å². The van der Waals surface area contributed by atoms with Crippen LogP contribution in [-0.4, -0.2) is 24.1 Å². The molecule has 2 rings (SSSR count). The van der Waals surface area contributed by atoms with Gasteiger partial charge in [-0.15, -0.1) is 0 Å². The highest BCUT2D eigenvalue weighted by molar-refractivity contribution is 6.08. The van der Waals surface area contributed by atoms with E-state index in [0.717, 1.165) is 6.42 Å². The first-order chi connectivity index (χ1) is 9.49. The first-order valence-corrected chi connectivity index (χ1v) is 6.68. The maximum atomic E-state index is 12.3. The second kappa shape index (κ2) is 5.86. The average Bonchev–Trinajstić information content (AvgIpc) is 2.38. The van der Waals surface area contributed by atoms with Gasteiger partial charge in [-0.25, -0.2) is 0 Å². The Morgan fingerprint density at radius 2 is 2.05 bits per heavy atom. The van der Waals surface area contributed by atoms with Crippen molar-refractivity contribution in [1.82, 2.24) is 0 Å². The van der Waals surface area contributed by atoms with Gasteiger partial charge in [0.25, 0.3) is 0 Å². The van der Waals surface area contributed by atoms with Crippen LogP contribution in [0.2, 0.25) is 0 Å². The van der Waals surface area contributed by atoms with Gasteiger partial charge in [0, 0.05) is 24.8 Å². The van der Waals surface area contributed by atoms with Crippen LogP contribution in [0.3, 0.4) is 0 Å². The molecule has 1 aliphatic heterocycles. The number of carbonyl (C=O) groups excluding carboxylic acids is 3. The van der Waals surface area contributed by atoms with Gasteiger partial charge in [-0.2, -0.15) is 0 Å². The molecule has 0 aromatic heterocycles. The van der Waals surface area contributed by atoms with Gasteiger partial charge in [0.05, 0.1) is 5.92 Å². The highest BCUT2D eigenvalue weighted by Gasteiger charge is 2.32. The van der Waals surface area contributed by atoms with Crippen molar-refractivity contribution < 1.29 is 14.4 Å². The first kappa shape index (κ1) is 14.2. The molecule has 2 amide bonds. The highest BCUT2D eigenvalue weighted by Crippen LogP contribution is 2.27. The molecule has 1 saturated heterocycles. The van der Waals surface area contributed by atoms with Gasteiger partial charge < -0.3 is 10.2 Å². The van der Waals surface area contributed by atoms with Crippen molar-refractivity contribution in [2.75, 3.05) is 16.8 Å². The number of hydrogen-bond acceptors (Lipinski definition) is 3. The van der Waals surface area contributed by atoms with E-state index in [0.29, 0.717) is 24.3 Å². The summed E-state index contributed by atoms with van der Waals surface area (Å²) < 4.78 is 0. The lowest BCUT2D eigenvalue weighted by Gasteiger charge is -2.31. The van der Waals surface area contributed by atoms with Crippen LogP contribution in [0, 0.1) is 5.92 Å². The van der Waals surface area contributed by atoms with E-state index in [-0.39, 0.29) is 17.6 Å². The van der Waals surface area contributed by atoms with E-state index in [2.05, 4.69) is 5.32 Å². The van der Waals surface area contributed by atoms with Crippen LogP contribution in [0.4, 0.5) is 11.4 Å². The molecule has 1 aromatic rings. The Morgan fingerprint density at radius 1 is 1.30 bits per heavy atom. The summed E-state index contributed by atoms with van der Waals surface area (Å²) in [5.41, 5.74) is 1.36. The Hall–Kier alpha value is -2.17. The van der Waals surface area contributed by atoms with Crippen LogP contribution >= 0.6 is 0 Å². The van der Waals surface area contributed by atoms with Crippen molar-refractivity contribution in [3.8, 4) is 0 Å². The Kier molecular flexibility index (Phi) is 4.17. The fourth-order valence-electron chi connectivity index (χ4n) is 2.46. The van der Waals surface area contributed by atoms with Crippen molar-refractivity contribution in [3.05, 3.63) is 24.3 Å². The summed E-state index contributed by atoms with van der Waals surface area (Å²) in [6.45, 7) is 3.50. The SMILES string of the molecule is CC(=O)Nc1cccc(N2CCC[C@H](C(C)=O)C2=O)c1. The van der Waals surface area contributed by atoms with Gasteiger partial charge in [0.15, 0.2) is 0 Å². The second-order valence-electron chi connectivity index (χ2n) is 5.03. The quantitative estimate of drug-likeness (QED) is 0.857. The van der Waals surface area contributed by atoms with E-state index in [1.54, 1.807) is 23.1 Å². The van der Waals surface area contributed by atoms with Crippen LogP contribution in [-0.2, 0) is 14.4 Å². The summed E-state index contributed by atoms with van der Waals surface area (Å²) >= 11 is 0. The molecule has 1 N–H and O–H groups in total. The third-order valence-electron chi connectivity index (χ3n) is 3.41. The summed E-state index contributed by atoms with van der Waals surface area (Å²) in [4.78, 5) is 36.5. The molecule has 5 nitrogen and oxygen atoms in total. The average molecular weight is 274 g/mol. The fraction of sp³-hybridized carbons (Fsp3) is 0.400. The third-order valence-corrected chi connectivity index (χ3v) is 3.41. The number of carbonyl (C=O) groups is 3. The van der Waals surface area contributed by atoms with E-state index in [4.69, 9.17) is 0 Å². The predicted octanol–water partition coefficient (Wildman–Crippen LogP) is 1.98. The maximum Gasteiger partial charge on any atom is 0.237 e. The molecule has 0 spiro atoms. The minimum atomic E-state index is -0.534. The summed E-state index contributed by atoms with van der Waals surface area (Å²) in [6.07, 6.45) is 1.43. The first-order valence-electron chi connectivity index (χ1n) is 6.68. The molecule has 20 heavy (non-hydrogen) atoms. The van der Waals surface area contributed by atoms with Gasteiger partial charge in [0.2, 0.25) is 11.8 Å². The number of nitrogens with zero attached hydrogens (tertiary/aromatic N) is 1. The zero-order valence-corrected chi connectivity index (χ0v) is 11.7. The number of hydrogen-bond donors (Lipinski definition) is 1. The van der Waals surface area contributed by atoms with Crippen molar-refractivity contribution in [2.24, 2.45) is 5.92 Å². The molecule has 0 bridgehead atoms. The van der Waals surface area contributed by atoms with E-state index in [1.165, 1.54) is 13.8 Å². The lowest BCUT2D eigenvalue weighted by Crippen LogP contribution is -2.43. The van der Waals surface area contributed by atoms with Crippen molar-refractivity contribution >= 4 is 29.0 Å². The van der Waals surface area contributed by atoms with E-state index in [9.17, 15) is 14.4 Å². The summed E-state index contributed by atoms with van der Waals surface area (Å²) in [5.74, 6) is -0.927. The number of benzene rings is 1. The van der Waals surface area contributed by atoms with Gasteiger partial charge in [0.1, 0.15) is 5.78 Å². The largest absolute Gasteiger partial charge is 0.326 e. The number of piperidine rings is 1. The lowest BCUT2D eigenvalue weighted by molar-refractivity contribution is -0.132. The van der Waals surface area contributed by atoms with E-state index in [1.807, 2.05) is 6.07 Å². The van der Waals surface area contributed by atoms with Crippen LogP contribution in [0.15, 0.2) is 24.3 Å². The van der Waals surface area contributed by atoms with Crippen molar-refractivity contribution in [2.45, 2.75) is 26.7 Å². The van der Waals surface area contributed by atoms with Gasteiger partial charge in [-0.3, -0.25) is 14.4 Å². The molecule has 1 fully saturated rings. The molecular formula is C15H18N2O3. The monoisotopic (exact) mass is 274 g/mol. The molecule has 1 heterocycles. The van der Waals surface area contributed by atoms with Gasteiger partial charge in [-0.1, -0.05) is 6.07 Å². The number of ketones is 1. The maximum absolute atomic E-state index is 12.3. The van der Waals surface area contributed by atoms with Gasteiger partial charge >= 0.3 is 0 Å². The standard InChI is InChI=1S/C15H18N2O3/c1-10(18)14-7-4-8-17(15(14)20)13-6-3-5-12(9-13)16-11(2)19/h3,5-6,9,14H,4,7-8H2,1-2H3,(H,16,19)/t14-/m1/s1. The van der Waals surface area contributed by atoms with Crippen LogP contribution in [0.1, 0.15) is 26.7 Å².